The molecule has 0 saturated heterocycles. The average Bonchev–Trinajstić information content (AvgIpc) is 2.63. The Kier molecular flexibility index (Phi) is 7.08. The molecule has 154 valence electrons. The van der Waals surface area contributed by atoms with E-state index in [1.165, 1.54) is 32.3 Å². The summed E-state index contributed by atoms with van der Waals surface area (Å²) in [6, 6.07) is 10.8. The molecule has 9 heteroatoms. The van der Waals surface area contributed by atoms with Gasteiger partial charge in [0.1, 0.15) is 10.6 Å². The third kappa shape index (κ3) is 5.03. The summed E-state index contributed by atoms with van der Waals surface area (Å²) in [5.41, 5.74) is 1.20. The number of rotatable bonds is 9. The van der Waals surface area contributed by atoms with Gasteiger partial charge in [-0.2, -0.15) is 0 Å². The first kappa shape index (κ1) is 22.2. The number of anilines is 1. The summed E-state index contributed by atoms with van der Waals surface area (Å²) >= 11 is 0. The number of ether oxygens (including phenoxy) is 1. The van der Waals surface area contributed by atoms with Crippen LogP contribution in [0.2, 0.25) is 0 Å². The molecule has 0 atom stereocenters. The first-order valence-electron chi connectivity index (χ1n) is 8.93. The van der Waals surface area contributed by atoms with E-state index in [-0.39, 0.29) is 27.8 Å². The maximum Gasteiger partial charge on any atom is 0.261 e. The quantitative estimate of drug-likeness (QED) is 0.665. The summed E-state index contributed by atoms with van der Waals surface area (Å²) in [6.45, 7) is 4.08. The lowest BCUT2D eigenvalue weighted by Crippen LogP contribution is -2.23. The van der Waals surface area contributed by atoms with E-state index in [2.05, 4.69) is 11.6 Å². The van der Waals surface area contributed by atoms with Gasteiger partial charge in [-0.25, -0.2) is 21.1 Å². The number of hydrogen-bond donors (Lipinski definition) is 1. The van der Waals surface area contributed by atoms with Crippen LogP contribution in [0.5, 0.6) is 5.75 Å². The third-order valence-corrected chi connectivity index (χ3v) is 7.26. The first-order chi connectivity index (χ1) is 13.1. The van der Waals surface area contributed by atoms with Crippen molar-refractivity contribution in [1.29, 1.82) is 0 Å². The Morgan fingerprint density at radius 2 is 1.61 bits per heavy atom. The van der Waals surface area contributed by atoms with Crippen molar-refractivity contribution in [3.05, 3.63) is 48.0 Å². The molecule has 0 aromatic heterocycles. The fourth-order valence-electron chi connectivity index (χ4n) is 2.58. The Hall–Kier alpha value is -2.10. The molecule has 0 fully saturated rings. The van der Waals surface area contributed by atoms with Crippen molar-refractivity contribution in [3.8, 4) is 5.75 Å². The van der Waals surface area contributed by atoms with Gasteiger partial charge in [-0.1, -0.05) is 25.5 Å². The minimum absolute atomic E-state index is 0.0992. The zero-order chi connectivity index (χ0) is 20.9. The summed E-state index contributed by atoms with van der Waals surface area (Å²) in [4.78, 5) is 0.0103. The highest BCUT2D eigenvalue weighted by molar-refractivity contribution is 7.92. The van der Waals surface area contributed by atoms with Gasteiger partial charge in [0.15, 0.2) is 0 Å². The molecular weight excluding hydrogens is 400 g/mol. The molecule has 2 aromatic rings. The van der Waals surface area contributed by atoms with Gasteiger partial charge in [-0.15, -0.1) is 0 Å². The molecule has 0 saturated carbocycles. The molecule has 0 bridgehead atoms. The molecule has 2 rings (SSSR count). The van der Waals surface area contributed by atoms with Gasteiger partial charge < -0.3 is 4.74 Å². The molecule has 28 heavy (non-hydrogen) atoms. The molecule has 0 unspecified atom stereocenters. The highest BCUT2D eigenvalue weighted by Gasteiger charge is 2.24. The summed E-state index contributed by atoms with van der Waals surface area (Å²) < 4.78 is 59.4. The van der Waals surface area contributed by atoms with Crippen LogP contribution < -0.4 is 9.46 Å². The molecule has 0 heterocycles. The predicted molar refractivity (Wildman–Crippen MR) is 110 cm³/mol. The topological polar surface area (TPSA) is 92.8 Å². The maximum absolute atomic E-state index is 12.7. The van der Waals surface area contributed by atoms with E-state index in [4.69, 9.17) is 4.74 Å². The van der Waals surface area contributed by atoms with Gasteiger partial charge in [0.2, 0.25) is 10.0 Å². The van der Waals surface area contributed by atoms with Crippen LogP contribution in [0.1, 0.15) is 25.8 Å². The summed E-state index contributed by atoms with van der Waals surface area (Å²) in [7, 11) is -4.86. The lowest BCUT2D eigenvalue weighted by molar-refractivity contribution is 0.330. The Morgan fingerprint density at radius 3 is 2.14 bits per heavy atom. The number of nitrogens with one attached hydrogen (secondary N) is 1. The van der Waals surface area contributed by atoms with Crippen molar-refractivity contribution in [2.45, 2.75) is 36.5 Å². The summed E-state index contributed by atoms with van der Waals surface area (Å²) in [5, 5.41) is 0. The molecule has 1 N–H and O–H groups in total. The van der Waals surface area contributed by atoms with E-state index in [0.29, 0.717) is 0 Å². The first-order valence-corrected chi connectivity index (χ1v) is 11.8. The Bertz CT molecular complexity index is 1010. The molecule has 0 aliphatic heterocycles. The fraction of sp³-hybridized carbons (Fsp3) is 0.368. The molecule has 0 aliphatic rings. The third-order valence-electron chi connectivity index (χ3n) is 4.03. The van der Waals surface area contributed by atoms with Crippen LogP contribution in [0.4, 0.5) is 5.69 Å². The van der Waals surface area contributed by atoms with Crippen LogP contribution in [0, 0.1) is 0 Å². The van der Waals surface area contributed by atoms with Crippen molar-refractivity contribution < 1.29 is 21.6 Å². The largest absolute Gasteiger partial charge is 0.492 e. The second-order valence-electron chi connectivity index (χ2n) is 6.38. The van der Waals surface area contributed by atoms with Gasteiger partial charge in [0.05, 0.1) is 17.2 Å². The minimum Gasteiger partial charge on any atom is -0.492 e. The van der Waals surface area contributed by atoms with Crippen molar-refractivity contribution >= 4 is 25.7 Å². The lowest BCUT2D eigenvalue weighted by atomic mass is 10.1. The minimum atomic E-state index is -3.85. The smallest absolute Gasteiger partial charge is 0.261 e. The van der Waals surface area contributed by atoms with Crippen molar-refractivity contribution in [3.63, 3.8) is 0 Å². The van der Waals surface area contributed by atoms with Crippen LogP contribution in [0.25, 0.3) is 0 Å². The molecular formula is C19H26N2O5S2. The van der Waals surface area contributed by atoms with E-state index >= 15 is 0 Å². The van der Waals surface area contributed by atoms with E-state index in [9.17, 15) is 16.8 Å². The van der Waals surface area contributed by atoms with E-state index in [1.54, 1.807) is 31.2 Å². The van der Waals surface area contributed by atoms with Crippen molar-refractivity contribution in [2.24, 2.45) is 0 Å². The van der Waals surface area contributed by atoms with Crippen molar-refractivity contribution in [2.75, 3.05) is 25.4 Å². The van der Waals surface area contributed by atoms with Gasteiger partial charge in [-0.3, -0.25) is 4.72 Å². The maximum atomic E-state index is 12.7. The zero-order valence-electron chi connectivity index (χ0n) is 16.5. The van der Waals surface area contributed by atoms with Gasteiger partial charge in [-0.05, 0) is 49.2 Å². The number of sulfonamides is 2. The Labute approximate surface area is 167 Å². The number of aryl methyl sites for hydroxylation is 1. The average molecular weight is 427 g/mol. The normalized spacial score (nSPS) is 12.2. The Balaban J connectivity index is 2.40. The predicted octanol–water partition coefficient (Wildman–Crippen LogP) is 3.09. The van der Waals surface area contributed by atoms with E-state index in [0.717, 1.165) is 22.7 Å². The van der Waals surface area contributed by atoms with Gasteiger partial charge >= 0.3 is 0 Å². The van der Waals surface area contributed by atoms with Crippen LogP contribution in [-0.4, -0.2) is 41.8 Å². The molecule has 7 nitrogen and oxygen atoms in total. The molecule has 0 amide bonds. The number of hydrogen-bond acceptors (Lipinski definition) is 5. The number of nitrogens with zero attached hydrogens (tertiary/aromatic N) is 1. The highest BCUT2D eigenvalue weighted by Crippen LogP contribution is 2.30. The summed E-state index contributed by atoms with van der Waals surface area (Å²) in [5.74, 6) is 0.170. The zero-order valence-corrected chi connectivity index (χ0v) is 18.1. The van der Waals surface area contributed by atoms with Crippen LogP contribution >= 0.6 is 0 Å². The van der Waals surface area contributed by atoms with Gasteiger partial charge in [0, 0.05) is 14.1 Å². The van der Waals surface area contributed by atoms with Crippen molar-refractivity contribution in [1.82, 2.24) is 4.31 Å². The monoisotopic (exact) mass is 426 g/mol. The highest BCUT2D eigenvalue weighted by atomic mass is 32.2. The standard InChI is InChI=1S/C19H26N2O5S2/c1-5-7-15-8-11-17(12-9-15)27(22,23)20-16-10-13-18(26-6-2)19(14-16)28(24,25)21(3)4/h8-14,20H,5-7H2,1-4H3. The molecule has 0 spiro atoms. The van der Waals surface area contributed by atoms with Crippen LogP contribution in [-0.2, 0) is 26.5 Å². The molecule has 0 aliphatic carbocycles. The lowest BCUT2D eigenvalue weighted by Gasteiger charge is -2.17. The SMILES string of the molecule is CCCc1ccc(S(=O)(=O)Nc2ccc(OCC)c(S(=O)(=O)N(C)C)c2)cc1. The Morgan fingerprint density at radius 1 is 0.964 bits per heavy atom. The molecule has 0 radical (unpaired) electrons. The second kappa shape index (κ2) is 8.93. The number of benzene rings is 2. The second-order valence-corrected chi connectivity index (χ2v) is 10.2. The molecule has 2 aromatic carbocycles. The van der Waals surface area contributed by atoms with E-state index in [1.807, 2.05) is 0 Å². The van der Waals surface area contributed by atoms with Crippen LogP contribution in [0.15, 0.2) is 52.3 Å². The summed E-state index contributed by atoms with van der Waals surface area (Å²) in [6.07, 6.45) is 1.85. The van der Waals surface area contributed by atoms with E-state index < -0.39 is 20.0 Å². The van der Waals surface area contributed by atoms with Gasteiger partial charge in [0.25, 0.3) is 10.0 Å². The fourth-order valence-corrected chi connectivity index (χ4v) is 4.68. The van der Waals surface area contributed by atoms with Crippen LogP contribution in [0.3, 0.4) is 0 Å².